The van der Waals surface area contributed by atoms with E-state index in [0.717, 1.165) is 6.42 Å². The predicted octanol–water partition coefficient (Wildman–Crippen LogP) is 1.03. The molecule has 5 nitrogen and oxygen atoms in total. The molecule has 0 bridgehead atoms. The summed E-state index contributed by atoms with van der Waals surface area (Å²) in [7, 11) is 0. The minimum Gasteiger partial charge on any atom is -0.444 e. The number of aliphatic hydroxyl groups is 2. The molecule has 1 amide bonds. The minimum absolute atomic E-state index is 0.0950. The first-order valence-electron chi connectivity index (χ1n) is 6.03. The lowest BCUT2D eigenvalue weighted by Gasteiger charge is -2.30. The van der Waals surface area contributed by atoms with Crippen molar-refractivity contribution in [3.8, 4) is 0 Å². The van der Waals surface area contributed by atoms with Crippen LogP contribution in [0.15, 0.2) is 0 Å². The molecule has 0 aromatic rings. The van der Waals surface area contributed by atoms with Gasteiger partial charge in [0.25, 0.3) is 0 Å². The van der Waals surface area contributed by atoms with Crippen molar-refractivity contribution >= 4 is 6.09 Å². The van der Waals surface area contributed by atoms with Gasteiger partial charge in [0.1, 0.15) is 5.60 Å². The molecule has 0 heterocycles. The van der Waals surface area contributed by atoms with Crippen molar-refractivity contribution < 1.29 is 19.7 Å². The fourth-order valence-corrected chi connectivity index (χ4v) is 2.21. The van der Waals surface area contributed by atoms with Crippen molar-refractivity contribution in [1.82, 2.24) is 5.32 Å². The molecule has 0 saturated heterocycles. The van der Waals surface area contributed by atoms with Crippen molar-refractivity contribution in [2.75, 3.05) is 13.2 Å². The van der Waals surface area contributed by atoms with E-state index < -0.39 is 17.2 Å². The lowest BCUT2D eigenvalue weighted by atomic mass is 9.97. The summed E-state index contributed by atoms with van der Waals surface area (Å²) >= 11 is 0. The van der Waals surface area contributed by atoms with Gasteiger partial charge in [-0.2, -0.15) is 0 Å². The molecule has 1 aliphatic carbocycles. The SMILES string of the molecule is CC(C)(C)OC(=O)NC1(CO)CCC(CO)C1. The molecule has 0 radical (unpaired) electrons. The van der Waals surface area contributed by atoms with Gasteiger partial charge in [0.05, 0.1) is 12.1 Å². The first-order valence-corrected chi connectivity index (χ1v) is 6.03. The van der Waals surface area contributed by atoms with Crippen molar-refractivity contribution in [3.63, 3.8) is 0 Å². The third-order valence-electron chi connectivity index (χ3n) is 3.04. The molecule has 0 aromatic heterocycles. The molecule has 0 spiro atoms. The number of hydrogen-bond acceptors (Lipinski definition) is 4. The summed E-state index contributed by atoms with van der Waals surface area (Å²) in [6.45, 7) is 5.36. The Labute approximate surface area is 102 Å². The van der Waals surface area contributed by atoms with Crippen molar-refractivity contribution in [3.05, 3.63) is 0 Å². The molecule has 2 unspecified atom stereocenters. The molecule has 100 valence electrons. The van der Waals surface area contributed by atoms with E-state index in [1.807, 2.05) is 0 Å². The van der Waals surface area contributed by atoms with Crippen LogP contribution in [-0.4, -0.2) is 40.7 Å². The van der Waals surface area contributed by atoms with Gasteiger partial charge in [0, 0.05) is 6.61 Å². The second-order valence-corrected chi connectivity index (χ2v) is 5.86. The number of ether oxygens (including phenoxy) is 1. The highest BCUT2D eigenvalue weighted by Gasteiger charge is 2.40. The number of aliphatic hydroxyl groups excluding tert-OH is 2. The van der Waals surface area contributed by atoms with Crippen LogP contribution in [0.1, 0.15) is 40.0 Å². The molecule has 5 heteroatoms. The van der Waals surface area contributed by atoms with E-state index in [2.05, 4.69) is 5.32 Å². The summed E-state index contributed by atoms with van der Waals surface area (Å²) in [5, 5.41) is 21.3. The summed E-state index contributed by atoms with van der Waals surface area (Å²) in [5.74, 6) is 0.150. The van der Waals surface area contributed by atoms with E-state index in [-0.39, 0.29) is 19.1 Å². The molecular formula is C12H23NO4. The summed E-state index contributed by atoms with van der Waals surface area (Å²) in [6, 6.07) is 0. The Bertz CT molecular complexity index is 274. The molecule has 1 saturated carbocycles. The Hall–Kier alpha value is -0.810. The van der Waals surface area contributed by atoms with Crippen molar-refractivity contribution in [2.45, 2.75) is 51.2 Å². The smallest absolute Gasteiger partial charge is 0.408 e. The molecule has 3 N–H and O–H groups in total. The van der Waals surface area contributed by atoms with E-state index in [9.17, 15) is 9.90 Å². The third kappa shape index (κ3) is 4.16. The Kier molecular flexibility index (Phi) is 4.38. The normalized spacial score (nSPS) is 29.1. The monoisotopic (exact) mass is 245 g/mol. The highest BCUT2D eigenvalue weighted by Crippen LogP contribution is 2.34. The number of alkyl carbamates (subject to hydrolysis) is 1. The number of rotatable bonds is 3. The van der Waals surface area contributed by atoms with E-state index in [0.29, 0.717) is 12.8 Å². The molecule has 0 aliphatic heterocycles. The maximum Gasteiger partial charge on any atom is 0.408 e. The van der Waals surface area contributed by atoms with E-state index in [1.54, 1.807) is 20.8 Å². The molecule has 0 aromatic carbocycles. The zero-order valence-corrected chi connectivity index (χ0v) is 10.8. The van der Waals surface area contributed by atoms with Crippen molar-refractivity contribution in [2.24, 2.45) is 5.92 Å². The summed E-state index contributed by atoms with van der Waals surface area (Å²) < 4.78 is 5.17. The lowest BCUT2D eigenvalue weighted by molar-refractivity contribution is 0.0395. The van der Waals surface area contributed by atoms with Crippen LogP contribution in [0.4, 0.5) is 4.79 Å². The highest BCUT2D eigenvalue weighted by atomic mass is 16.6. The standard InChI is InChI=1S/C12H23NO4/c1-11(2,3)17-10(16)13-12(8-15)5-4-9(6-12)7-14/h9,14-15H,4-8H2,1-3H3,(H,13,16). The van der Waals surface area contributed by atoms with E-state index in [1.165, 1.54) is 0 Å². The maximum atomic E-state index is 11.7. The molecule has 1 rings (SSSR count). The number of carbonyl (C=O) groups is 1. The quantitative estimate of drug-likeness (QED) is 0.694. The second-order valence-electron chi connectivity index (χ2n) is 5.86. The third-order valence-corrected chi connectivity index (χ3v) is 3.04. The number of nitrogens with one attached hydrogen (secondary N) is 1. The van der Waals surface area contributed by atoms with Crippen LogP contribution in [0.5, 0.6) is 0 Å². The molecule has 1 fully saturated rings. The summed E-state index contributed by atoms with van der Waals surface area (Å²) in [4.78, 5) is 11.7. The molecule has 17 heavy (non-hydrogen) atoms. The van der Waals surface area contributed by atoms with Gasteiger partial charge in [0.2, 0.25) is 0 Å². The second kappa shape index (κ2) is 5.23. The fourth-order valence-electron chi connectivity index (χ4n) is 2.21. The Morgan fingerprint density at radius 1 is 1.47 bits per heavy atom. The van der Waals surface area contributed by atoms with Crippen LogP contribution in [0.2, 0.25) is 0 Å². The van der Waals surface area contributed by atoms with Gasteiger partial charge in [-0.25, -0.2) is 4.79 Å². The van der Waals surface area contributed by atoms with E-state index in [4.69, 9.17) is 9.84 Å². The minimum atomic E-state index is -0.629. The van der Waals surface area contributed by atoms with Gasteiger partial charge in [-0.1, -0.05) is 0 Å². The number of carbonyl (C=O) groups excluding carboxylic acids is 1. The Morgan fingerprint density at radius 2 is 2.12 bits per heavy atom. The molecule has 2 atom stereocenters. The van der Waals surface area contributed by atoms with Crippen LogP contribution in [0.25, 0.3) is 0 Å². The lowest BCUT2D eigenvalue weighted by Crippen LogP contribution is -2.51. The van der Waals surface area contributed by atoms with Crippen LogP contribution >= 0.6 is 0 Å². The molecule has 1 aliphatic rings. The van der Waals surface area contributed by atoms with Crippen LogP contribution in [0, 0.1) is 5.92 Å². The number of amides is 1. The van der Waals surface area contributed by atoms with Crippen LogP contribution in [-0.2, 0) is 4.74 Å². The van der Waals surface area contributed by atoms with Gasteiger partial charge in [-0.05, 0) is 46.0 Å². The Morgan fingerprint density at radius 3 is 2.53 bits per heavy atom. The average Bonchev–Trinajstić information content (AvgIpc) is 2.59. The average molecular weight is 245 g/mol. The zero-order chi connectivity index (χ0) is 13.1. The summed E-state index contributed by atoms with van der Waals surface area (Å²) in [6.07, 6.45) is 1.57. The van der Waals surface area contributed by atoms with Gasteiger partial charge in [-0.15, -0.1) is 0 Å². The predicted molar refractivity (Wildman–Crippen MR) is 63.6 cm³/mol. The van der Waals surface area contributed by atoms with Gasteiger partial charge >= 0.3 is 6.09 Å². The first kappa shape index (κ1) is 14.3. The fraction of sp³-hybridized carbons (Fsp3) is 0.917. The van der Waals surface area contributed by atoms with Crippen LogP contribution in [0.3, 0.4) is 0 Å². The highest BCUT2D eigenvalue weighted by molar-refractivity contribution is 5.68. The van der Waals surface area contributed by atoms with Gasteiger partial charge in [-0.3, -0.25) is 0 Å². The largest absolute Gasteiger partial charge is 0.444 e. The summed E-state index contributed by atoms with van der Waals surface area (Å²) in [5.41, 5.74) is -1.18. The van der Waals surface area contributed by atoms with Gasteiger partial charge in [0.15, 0.2) is 0 Å². The van der Waals surface area contributed by atoms with Crippen molar-refractivity contribution in [1.29, 1.82) is 0 Å². The maximum absolute atomic E-state index is 11.7. The van der Waals surface area contributed by atoms with Crippen LogP contribution < -0.4 is 5.32 Å². The van der Waals surface area contributed by atoms with E-state index >= 15 is 0 Å². The van der Waals surface area contributed by atoms with Gasteiger partial charge < -0.3 is 20.3 Å². The first-order chi connectivity index (χ1) is 7.80. The number of hydrogen-bond donors (Lipinski definition) is 3. The zero-order valence-electron chi connectivity index (χ0n) is 10.8. The Balaban J connectivity index is 2.56. The topological polar surface area (TPSA) is 78.8 Å². The molecular weight excluding hydrogens is 222 g/mol.